The molecule has 0 aliphatic carbocycles. The highest BCUT2D eigenvalue weighted by Crippen LogP contribution is 2.36. The molecule has 0 aliphatic rings. The molecule has 0 saturated carbocycles. The molecule has 1 aromatic heterocycles. The minimum absolute atomic E-state index is 0.249. The molecule has 0 radical (unpaired) electrons. The van der Waals surface area contributed by atoms with Crippen molar-refractivity contribution in [1.29, 1.82) is 0 Å². The Morgan fingerprint density at radius 1 is 1.05 bits per heavy atom. The Bertz CT molecular complexity index is 809. The number of aromatic nitrogens is 2. The zero-order valence-corrected chi connectivity index (χ0v) is 11.3. The number of aryl methyl sites for hydroxylation is 1. The van der Waals surface area contributed by atoms with Gasteiger partial charge in [-0.05, 0) is 42.3 Å². The molecular weight excluding hydrogens is 272 g/mol. The van der Waals surface area contributed by atoms with Crippen LogP contribution in [-0.4, -0.2) is 10.2 Å². The Balaban J connectivity index is 2.24. The van der Waals surface area contributed by atoms with E-state index in [9.17, 15) is 8.78 Å². The van der Waals surface area contributed by atoms with Crippen LogP contribution in [0.4, 0.5) is 14.6 Å². The number of anilines is 1. The van der Waals surface area contributed by atoms with Gasteiger partial charge < -0.3 is 5.73 Å². The highest BCUT2D eigenvalue weighted by Gasteiger charge is 2.17. The number of nitrogens with one attached hydrogen (secondary N) is 1. The normalized spacial score (nSPS) is 10.8. The fraction of sp³-hybridized carbons (Fsp3) is 0.0625. The van der Waals surface area contributed by atoms with Crippen molar-refractivity contribution in [2.75, 3.05) is 5.73 Å². The SMILES string of the molecule is Cc1ccc(F)cc1-c1[nH]nc(N)c1-c1cccc(F)c1. The lowest BCUT2D eigenvalue weighted by molar-refractivity contribution is 0.627. The van der Waals surface area contributed by atoms with Gasteiger partial charge in [0.15, 0.2) is 5.82 Å². The molecule has 0 atom stereocenters. The van der Waals surface area contributed by atoms with Crippen LogP contribution in [-0.2, 0) is 0 Å². The lowest BCUT2D eigenvalue weighted by atomic mass is 9.98. The second kappa shape index (κ2) is 5.01. The maximum absolute atomic E-state index is 13.5. The predicted molar refractivity (Wildman–Crippen MR) is 78.5 cm³/mol. The van der Waals surface area contributed by atoms with Gasteiger partial charge in [-0.15, -0.1) is 0 Å². The number of hydrogen-bond acceptors (Lipinski definition) is 2. The molecule has 106 valence electrons. The minimum atomic E-state index is -0.366. The number of nitrogens with two attached hydrogens (primary N) is 1. The molecule has 0 amide bonds. The van der Waals surface area contributed by atoms with E-state index in [4.69, 9.17) is 5.73 Å². The summed E-state index contributed by atoms with van der Waals surface area (Å²) in [5.41, 5.74) is 9.16. The minimum Gasteiger partial charge on any atom is -0.382 e. The number of benzene rings is 2. The molecule has 3 N–H and O–H groups in total. The fourth-order valence-electron chi connectivity index (χ4n) is 2.35. The van der Waals surface area contributed by atoms with Gasteiger partial charge in [-0.2, -0.15) is 5.10 Å². The van der Waals surface area contributed by atoms with Crippen molar-refractivity contribution in [2.45, 2.75) is 6.92 Å². The molecule has 0 bridgehead atoms. The van der Waals surface area contributed by atoms with Crippen LogP contribution in [0.5, 0.6) is 0 Å². The summed E-state index contributed by atoms with van der Waals surface area (Å²) in [6.45, 7) is 1.86. The highest BCUT2D eigenvalue weighted by atomic mass is 19.1. The van der Waals surface area contributed by atoms with Gasteiger partial charge in [-0.1, -0.05) is 18.2 Å². The van der Waals surface area contributed by atoms with Crippen molar-refractivity contribution < 1.29 is 8.78 Å². The molecule has 0 unspecified atom stereocenters. The average molecular weight is 285 g/mol. The summed E-state index contributed by atoms with van der Waals surface area (Å²) in [7, 11) is 0. The standard InChI is InChI=1S/C16H13F2N3/c1-9-5-6-12(18)8-13(9)15-14(16(19)21-20-15)10-3-2-4-11(17)7-10/h2-8H,1H3,(H3,19,20,21). The number of aromatic amines is 1. The van der Waals surface area contributed by atoms with Crippen molar-refractivity contribution in [3.05, 3.63) is 59.7 Å². The van der Waals surface area contributed by atoms with Crippen LogP contribution in [0.2, 0.25) is 0 Å². The Morgan fingerprint density at radius 3 is 2.57 bits per heavy atom. The third kappa shape index (κ3) is 2.38. The van der Waals surface area contributed by atoms with Crippen LogP contribution < -0.4 is 5.73 Å². The van der Waals surface area contributed by atoms with Crippen molar-refractivity contribution in [2.24, 2.45) is 0 Å². The molecule has 0 saturated heterocycles. The van der Waals surface area contributed by atoms with Gasteiger partial charge in [-0.3, -0.25) is 5.10 Å². The predicted octanol–water partition coefficient (Wildman–Crippen LogP) is 3.91. The molecule has 1 heterocycles. The summed E-state index contributed by atoms with van der Waals surface area (Å²) in [6, 6.07) is 10.5. The maximum atomic E-state index is 13.5. The van der Waals surface area contributed by atoms with E-state index < -0.39 is 0 Å². The van der Waals surface area contributed by atoms with E-state index in [0.29, 0.717) is 22.4 Å². The van der Waals surface area contributed by atoms with Crippen LogP contribution in [0, 0.1) is 18.6 Å². The first-order chi connectivity index (χ1) is 10.1. The fourth-order valence-corrected chi connectivity index (χ4v) is 2.35. The first-order valence-corrected chi connectivity index (χ1v) is 6.42. The van der Waals surface area contributed by atoms with Gasteiger partial charge in [0.25, 0.3) is 0 Å². The van der Waals surface area contributed by atoms with E-state index in [1.165, 1.54) is 24.3 Å². The number of hydrogen-bond donors (Lipinski definition) is 2. The monoisotopic (exact) mass is 285 g/mol. The molecule has 5 heteroatoms. The second-order valence-electron chi connectivity index (χ2n) is 4.83. The van der Waals surface area contributed by atoms with Crippen LogP contribution >= 0.6 is 0 Å². The Morgan fingerprint density at radius 2 is 1.81 bits per heavy atom. The van der Waals surface area contributed by atoms with Gasteiger partial charge in [0.2, 0.25) is 0 Å². The zero-order chi connectivity index (χ0) is 15.0. The Kier molecular flexibility index (Phi) is 3.17. The summed E-state index contributed by atoms with van der Waals surface area (Å²) >= 11 is 0. The van der Waals surface area contributed by atoms with E-state index in [-0.39, 0.29) is 17.5 Å². The van der Waals surface area contributed by atoms with Crippen molar-refractivity contribution >= 4 is 5.82 Å². The third-order valence-electron chi connectivity index (χ3n) is 3.38. The molecule has 0 aliphatic heterocycles. The summed E-state index contributed by atoms with van der Waals surface area (Å²) in [5, 5.41) is 6.79. The first kappa shape index (κ1) is 13.3. The molecule has 0 spiro atoms. The van der Waals surface area contributed by atoms with Gasteiger partial charge in [0, 0.05) is 5.56 Å². The third-order valence-corrected chi connectivity index (χ3v) is 3.38. The number of rotatable bonds is 2. The second-order valence-corrected chi connectivity index (χ2v) is 4.83. The number of nitrogens with zero attached hydrogens (tertiary/aromatic N) is 1. The summed E-state index contributed by atoms with van der Waals surface area (Å²) in [5.74, 6) is -0.469. The van der Waals surface area contributed by atoms with E-state index >= 15 is 0 Å². The molecule has 0 fully saturated rings. The van der Waals surface area contributed by atoms with Crippen LogP contribution in [0.3, 0.4) is 0 Å². The molecule has 21 heavy (non-hydrogen) atoms. The van der Waals surface area contributed by atoms with E-state index in [0.717, 1.165) is 5.56 Å². The average Bonchev–Trinajstić information content (AvgIpc) is 2.83. The number of nitrogen functional groups attached to an aromatic ring is 1. The molecule has 2 aromatic carbocycles. The van der Waals surface area contributed by atoms with E-state index in [2.05, 4.69) is 10.2 Å². The van der Waals surface area contributed by atoms with E-state index in [1.54, 1.807) is 18.2 Å². The van der Waals surface area contributed by atoms with Gasteiger partial charge in [0.1, 0.15) is 11.6 Å². The number of H-pyrrole nitrogens is 1. The lowest BCUT2D eigenvalue weighted by Gasteiger charge is -2.08. The molecule has 3 aromatic rings. The summed E-state index contributed by atoms with van der Waals surface area (Å²) in [4.78, 5) is 0. The smallest absolute Gasteiger partial charge is 0.153 e. The first-order valence-electron chi connectivity index (χ1n) is 6.42. The summed E-state index contributed by atoms with van der Waals surface area (Å²) < 4.78 is 26.9. The largest absolute Gasteiger partial charge is 0.382 e. The van der Waals surface area contributed by atoms with Crippen LogP contribution in [0.25, 0.3) is 22.4 Å². The van der Waals surface area contributed by atoms with Crippen LogP contribution in [0.15, 0.2) is 42.5 Å². The van der Waals surface area contributed by atoms with Gasteiger partial charge in [-0.25, -0.2) is 8.78 Å². The molecular formula is C16H13F2N3. The van der Waals surface area contributed by atoms with Crippen molar-refractivity contribution in [1.82, 2.24) is 10.2 Å². The van der Waals surface area contributed by atoms with Gasteiger partial charge >= 0.3 is 0 Å². The molecule has 3 rings (SSSR count). The lowest BCUT2D eigenvalue weighted by Crippen LogP contribution is -1.91. The highest BCUT2D eigenvalue weighted by molar-refractivity contribution is 5.88. The van der Waals surface area contributed by atoms with Crippen molar-refractivity contribution in [3.8, 4) is 22.4 Å². The molecule has 3 nitrogen and oxygen atoms in total. The zero-order valence-electron chi connectivity index (χ0n) is 11.3. The van der Waals surface area contributed by atoms with E-state index in [1.807, 2.05) is 6.92 Å². The topological polar surface area (TPSA) is 54.7 Å². The Labute approximate surface area is 120 Å². The van der Waals surface area contributed by atoms with Gasteiger partial charge in [0.05, 0.1) is 11.3 Å². The Hall–Kier alpha value is -2.69. The maximum Gasteiger partial charge on any atom is 0.153 e. The van der Waals surface area contributed by atoms with Crippen LogP contribution in [0.1, 0.15) is 5.56 Å². The quantitative estimate of drug-likeness (QED) is 0.750. The summed E-state index contributed by atoms with van der Waals surface area (Å²) in [6.07, 6.45) is 0. The number of halogens is 2. The van der Waals surface area contributed by atoms with Crippen molar-refractivity contribution in [3.63, 3.8) is 0 Å².